The van der Waals surface area contributed by atoms with E-state index < -0.39 is 36.2 Å². The maximum absolute atomic E-state index is 12.2. The molecule has 6 N–H and O–H groups in total. The standard InChI is InChI=1S/C18H20N2O6/c1-18(2,25)15(17(24)20-26)19-16(23)13-9-7-12(8-10-13)5-3-4-6-14(22)11-21/h7-10,14-15,21-22,25-26H,11H2,1-2H3,(H,19,23)(H,20,24)/t14?,15-/m1/s1. The molecule has 0 aliphatic heterocycles. The van der Waals surface area contributed by atoms with E-state index >= 15 is 0 Å². The summed E-state index contributed by atoms with van der Waals surface area (Å²) in [7, 11) is 0. The highest BCUT2D eigenvalue weighted by Crippen LogP contribution is 2.11. The van der Waals surface area contributed by atoms with Gasteiger partial charge in [-0.1, -0.05) is 11.8 Å². The van der Waals surface area contributed by atoms with Crippen molar-refractivity contribution in [2.24, 2.45) is 0 Å². The minimum Gasteiger partial charge on any atom is -0.393 e. The van der Waals surface area contributed by atoms with Gasteiger partial charge in [-0.3, -0.25) is 14.8 Å². The maximum atomic E-state index is 12.2. The van der Waals surface area contributed by atoms with Crippen molar-refractivity contribution in [2.45, 2.75) is 31.6 Å². The summed E-state index contributed by atoms with van der Waals surface area (Å²) >= 11 is 0. The second kappa shape index (κ2) is 9.56. The molecule has 1 rings (SSSR count). The number of hydrogen-bond donors (Lipinski definition) is 6. The lowest BCUT2D eigenvalue weighted by Gasteiger charge is -2.28. The molecule has 8 heteroatoms. The second-order valence-electron chi connectivity index (χ2n) is 5.83. The zero-order chi connectivity index (χ0) is 19.7. The van der Waals surface area contributed by atoms with Gasteiger partial charge in [0.2, 0.25) is 0 Å². The van der Waals surface area contributed by atoms with Crippen LogP contribution in [-0.4, -0.2) is 56.7 Å². The minimum absolute atomic E-state index is 0.220. The first-order valence-corrected chi connectivity index (χ1v) is 7.56. The Morgan fingerprint density at radius 2 is 1.81 bits per heavy atom. The summed E-state index contributed by atoms with van der Waals surface area (Å²) in [6.07, 6.45) is -1.14. The minimum atomic E-state index is -1.59. The Balaban J connectivity index is 2.84. The van der Waals surface area contributed by atoms with Crippen molar-refractivity contribution in [2.75, 3.05) is 6.61 Å². The fourth-order valence-corrected chi connectivity index (χ4v) is 1.82. The third-order valence-corrected chi connectivity index (χ3v) is 3.18. The van der Waals surface area contributed by atoms with Crippen molar-refractivity contribution < 1.29 is 30.1 Å². The number of hydroxylamine groups is 1. The summed E-state index contributed by atoms with van der Waals surface area (Å²) in [4.78, 5) is 23.8. The van der Waals surface area contributed by atoms with Gasteiger partial charge >= 0.3 is 0 Å². The van der Waals surface area contributed by atoms with Crippen LogP contribution in [0.25, 0.3) is 0 Å². The van der Waals surface area contributed by atoms with Crippen LogP contribution in [0.15, 0.2) is 24.3 Å². The van der Waals surface area contributed by atoms with E-state index in [-0.39, 0.29) is 5.56 Å². The summed E-state index contributed by atoms with van der Waals surface area (Å²) in [6.45, 7) is 2.17. The first-order valence-electron chi connectivity index (χ1n) is 7.56. The highest BCUT2D eigenvalue weighted by atomic mass is 16.5. The molecular formula is C18H20N2O6. The Labute approximate surface area is 150 Å². The topological polar surface area (TPSA) is 139 Å². The van der Waals surface area contributed by atoms with Crippen molar-refractivity contribution in [1.82, 2.24) is 10.8 Å². The molecule has 0 spiro atoms. The summed E-state index contributed by atoms with van der Waals surface area (Å²) in [6, 6.07) is 4.68. The molecular weight excluding hydrogens is 340 g/mol. The smallest absolute Gasteiger partial charge is 0.268 e. The molecule has 1 aromatic carbocycles. The van der Waals surface area contributed by atoms with Crippen molar-refractivity contribution >= 4 is 11.8 Å². The van der Waals surface area contributed by atoms with Crippen LogP contribution in [0.1, 0.15) is 29.8 Å². The summed E-state index contributed by atoms with van der Waals surface area (Å²) in [5.41, 5.74) is 0.585. The largest absolute Gasteiger partial charge is 0.393 e. The van der Waals surface area contributed by atoms with E-state index in [9.17, 15) is 14.7 Å². The van der Waals surface area contributed by atoms with Crippen molar-refractivity contribution in [3.63, 3.8) is 0 Å². The first kappa shape index (κ1) is 21.2. The van der Waals surface area contributed by atoms with Gasteiger partial charge in [0.25, 0.3) is 11.8 Å². The maximum Gasteiger partial charge on any atom is 0.268 e. The van der Waals surface area contributed by atoms with E-state index in [4.69, 9.17) is 15.4 Å². The number of nitrogens with one attached hydrogen (secondary N) is 2. The van der Waals surface area contributed by atoms with E-state index in [2.05, 4.69) is 29.0 Å². The van der Waals surface area contributed by atoms with E-state index in [1.54, 1.807) is 12.1 Å². The molecule has 1 aromatic rings. The SMILES string of the molecule is CC(C)(O)[C@H](NC(=O)c1ccc(C#CC#CC(O)CO)cc1)C(=O)NO. The van der Waals surface area contributed by atoms with Crippen LogP contribution in [0, 0.1) is 23.7 Å². The lowest BCUT2D eigenvalue weighted by Crippen LogP contribution is -2.57. The molecule has 0 heterocycles. The molecule has 2 atom stereocenters. The average molecular weight is 360 g/mol. The summed E-state index contributed by atoms with van der Waals surface area (Å²) in [5.74, 6) is 8.33. The lowest BCUT2D eigenvalue weighted by molar-refractivity contribution is -0.136. The molecule has 0 bridgehead atoms. The summed E-state index contributed by atoms with van der Waals surface area (Å²) in [5, 5.41) is 38.7. The monoisotopic (exact) mass is 360 g/mol. The van der Waals surface area contributed by atoms with Crippen molar-refractivity contribution in [3.8, 4) is 23.7 Å². The number of carbonyl (C=O) groups is 2. The molecule has 0 fully saturated rings. The van der Waals surface area contributed by atoms with E-state index in [0.29, 0.717) is 5.56 Å². The first-order chi connectivity index (χ1) is 12.2. The van der Waals surface area contributed by atoms with Crippen LogP contribution in [0.2, 0.25) is 0 Å². The fraction of sp³-hybridized carbons (Fsp3) is 0.333. The van der Waals surface area contributed by atoms with Crippen LogP contribution < -0.4 is 10.8 Å². The Morgan fingerprint density at radius 3 is 2.31 bits per heavy atom. The molecule has 0 saturated carbocycles. The zero-order valence-electron chi connectivity index (χ0n) is 14.3. The highest BCUT2D eigenvalue weighted by Gasteiger charge is 2.34. The van der Waals surface area contributed by atoms with Gasteiger partial charge in [-0.05, 0) is 50.0 Å². The Bertz CT molecular complexity index is 759. The van der Waals surface area contributed by atoms with Crippen LogP contribution in [0.5, 0.6) is 0 Å². The molecule has 26 heavy (non-hydrogen) atoms. The number of aliphatic hydroxyl groups is 3. The molecule has 0 aliphatic carbocycles. The number of amides is 2. The van der Waals surface area contributed by atoms with Gasteiger partial charge in [0, 0.05) is 11.1 Å². The molecule has 2 amide bonds. The second-order valence-corrected chi connectivity index (χ2v) is 5.83. The van der Waals surface area contributed by atoms with Gasteiger partial charge in [0.15, 0.2) is 0 Å². The summed E-state index contributed by atoms with van der Waals surface area (Å²) < 4.78 is 0. The molecule has 138 valence electrons. The van der Waals surface area contributed by atoms with Crippen LogP contribution in [0.3, 0.4) is 0 Å². The third kappa shape index (κ3) is 6.55. The van der Waals surface area contributed by atoms with Crippen molar-refractivity contribution in [3.05, 3.63) is 35.4 Å². The molecule has 0 aromatic heterocycles. The molecule has 0 aliphatic rings. The quantitative estimate of drug-likeness (QED) is 0.221. The fourth-order valence-electron chi connectivity index (χ4n) is 1.82. The van der Waals surface area contributed by atoms with Crippen LogP contribution in [0.4, 0.5) is 0 Å². The Hall–Kier alpha value is -2.88. The van der Waals surface area contributed by atoms with Gasteiger partial charge in [-0.2, -0.15) is 0 Å². The number of carbonyl (C=O) groups excluding carboxylic acids is 2. The number of hydrogen-bond acceptors (Lipinski definition) is 6. The number of rotatable bonds is 5. The van der Waals surface area contributed by atoms with Gasteiger partial charge in [0.1, 0.15) is 12.1 Å². The van der Waals surface area contributed by atoms with Crippen LogP contribution in [-0.2, 0) is 4.79 Å². The normalized spacial score (nSPS) is 12.5. The molecule has 0 saturated heterocycles. The van der Waals surface area contributed by atoms with Gasteiger partial charge < -0.3 is 20.6 Å². The van der Waals surface area contributed by atoms with E-state index in [0.717, 1.165) is 0 Å². The van der Waals surface area contributed by atoms with E-state index in [1.807, 2.05) is 0 Å². The highest BCUT2D eigenvalue weighted by molar-refractivity contribution is 5.97. The van der Waals surface area contributed by atoms with Gasteiger partial charge in [0.05, 0.1) is 12.2 Å². The number of benzene rings is 1. The van der Waals surface area contributed by atoms with E-state index in [1.165, 1.54) is 31.5 Å². The Morgan fingerprint density at radius 1 is 1.19 bits per heavy atom. The van der Waals surface area contributed by atoms with Gasteiger partial charge in [-0.15, -0.1) is 0 Å². The van der Waals surface area contributed by atoms with Crippen LogP contribution >= 0.6 is 0 Å². The molecule has 1 unspecified atom stereocenters. The average Bonchev–Trinajstić information content (AvgIpc) is 2.61. The predicted octanol–water partition coefficient (Wildman–Crippen LogP) is -1.23. The molecule has 0 radical (unpaired) electrons. The van der Waals surface area contributed by atoms with Gasteiger partial charge in [-0.25, -0.2) is 5.48 Å². The number of aliphatic hydroxyl groups excluding tert-OH is 2. The third-order valence-electron chi connectivity index (χ3n) is 3.18. The zero-order valence-corrected chi connectivity index (χ0v) is 14.3. The lowest BCUT2D eigenvalue weighted by atomic mass is 9.97. The predicted molar refractivity (Wildman–Crippen MR) is 91.7 cm³/mol. The Kier molecular flexibility index (Phi) is 7.78. The molecule has 8 nitrogen and oxygen atoms in total. The van der Waals surface area contributed by atoms with Crippen molar-refractivity contribution in [1.29, 1.82) is 0 Å².